The first-order valence-electron chi connectivity index (χ1n) is 9.73. The van der Waals surface area contributed by atoms with Gasteiger partial charge < -0.3 is 9.15 Å². The zero-order valence-electron chi connectivity index (χ0n) is 16.3. The lowest BCUT2D eigenvalue weighted by Crippen LogP contribution is -2.17. The van der Waals surface area contributed by atoms with Crippen LogP contribution in [0.15, 0.2) is 70.0 Å². The van der Waals surface area contributed by atoms with Gasteiger partial charge in [0.1, 0.15) is 23.7 Å². The molecule has 1 saturated carbocycles. The van der Waals surface area contributed by atoms with Gasteiger partial charge in [0.2, 0.25) is 0 Å². The fraction of sp³-hybridized carbons (Fsp3) is 0.167. The van der Waals surface area contributed by atoms with E-state index in [-0.39, 0.29) is 11.0 Å². The summed E-state index contributed by atoms with van der Waals surface area (Å²) in [6.07, 6.45) is 3.34. The molecule has 1 fully saturated rings. The minimum Gasteiger partial charge on any atom is -0.490 e. The lowest BCUT2D eigenvalue weighted by atomic mass is 10.1. The van der Waals surface area contributed by atoms with Gasteiger partial charge in [0.25, 0.3) is 5.56 Å². The van der Waals surface area contributed by atoms with E-state index in [9.17, 15) is 10.1 Å². The molecule has 0 bridgehead atoms. The van der Waals surface area contributed by atoms with Gasteiger partial charge in [-0.15, -0.1) is 0 Å². The molecule has 2 aromatic heterocycles. The van der Waals surface area contributed by atoms with Crippen molar-refractivity contribution >= 4 is 34.2 Å². The third-order valence-corrected chi connectivity index (χ3v) is 6.05. The van der Waals surface area contributed by atoms with Gasteiger partial charge in [-0.25, -0.2) is 0 Å². The first-order chi connectivity index (χ1) is 15.0. The Labute approximate surface area is 188 Å². The average molecular weight is 451 g/mol. The highest BCUT2D eigenvalue weighted by Crippen LogP contribution is 2.45. The number of pyridine rings is 1. The molecular weight excluding hydrogens is 435 g/mol. The topological polar surface area (TPSA) is 68.2 Å². The number of furan rings is 1. The molecule has 2 aromatic carbocycles. The maximum absolute atomic E-state index is 13.1. The van der Waals surface area contributed by atoms with Crippen LogP contribution in [0.3, 0.4) is 0 Å². The summed E-state index contributed by atoms with van der Waals surface area (Å²) in [7, 11) is 0. The molecule has 0 saturated heterocycles. The van der Waals surface area contributed by atoms with E-state index in [0.717, 1.165) is 18.4 Å². The van der Waals surface area contributed by atoms with Gasteiger partial charge in [0.15, 0.2) is 0 Å². The molecule has 0 atom stereocenters. The Morgan fingerprint density at radius 3 is 2.55 bits per heavy atom. The summed E-state index contributed by atoms with van der Waals surface area (Å²) >= 11 is 12.3. The van der Waals surface area contributed by atoms with Crippen LogP contribution in [-0.4, -0.2) is 11.2 Å². The number of aromatic nitrogens is 1. The number of nitrogens with zero attached hydrogens (tertiary/aromatic N) is 2. The van der Waals surface area contributed by atoms with Crippen molar-refractivity contribution < 1.29 is 9.15 Å². The van der Waals surface area contributed by atoms with Crippen LogP contribution in [0.2, 0.25) is 10.0 Å². The van der Waals surface area contributed by atoms with Crippen molar-refractivity contribution in [3.05, 3.63) is 81.2 Å². The maximum atomic E-state index is 13.1. The summed E-state index contributed by atoms with van der Waals surface area (Å²) in [5.74, 6) is 1.09. The summed E-state index contributed by atoms with van der Waals surface area (Å²) in [6, 6.07) is 18.2. The molecule has 0 amide bonds. The van der Waals surface area contributed by atoms with E-state index >= 15 is 0 Å². The van der Waals surface area contributed by atoms with E-state index in [2.05, 4.69) is 6.07 Å². The van der Waals surface area contributed by atoms with E-state index in [1.165, 1.54) is 4.57 Å². The van der Waals surface area contributed by atoms with Gasteiger partial charge in [-0.2, -0.15) is 5.26 Å². The molecule has 5 rings (SSSR count). The van der Waals surface area contributed by atoms with Crippen LogP contribution in [0, 0.1) is 16.7 Å². The zero-order valence-corrected chi connectivity index (χ0v) is 17.8. The Morgan fingerprint density at radius 1 is 1.10 bits per heavy atom. The van der Waals surface area contributed by atoms with Crippen LogP contribution in [-0.2, 0) is 0 Å². The number of halogens is 2. The number of hydrogen-bond acceptors (Lipinski definition) is 4. The smallest absolute Gasteiger partial charge is 0.266 e. The Bertz CT molecular complexity index is 1390. The fourth-order valence-corrected chi connectivity index (χ4v) is 3.76. The van der Waals surface area contributed by atoms with Crippen molar-refractivity contribution in [1.29, 1.82) is 5.26 Å². The number of benzene rings is 2. The predicted octanol–water partition coefficient (Wildman–Crippen LogP) is 6.24. The van der Waals surface area contributed by atoms with E-state index in [0.29, 0.717) is 44.8 Å². The minimum atomic E-state index is -0.382. The summed E-state index contributed by atoms with van der Waals surface area (Å²) in [5, 5.41) is 10.7. The van der Waals surface area contributed by atoms with Crippen molar-refractivity contribution in [2.75, 3.05) is 6.61 Å². The number of nitriles is 1. The van der Waals surface area contributed by atoms with Crippen molar-refractivity contribution in [3.8, 4) is 28.8 Å². The highest BCUT2D eigenvalue weighted by Gasteiger charge is 2.44. The van der Waals surface area contributed by atoms with Crippen molar-refractivity contribution in [3.63, 3.8) is 0 Å². The van der Waals surface area contributed by atoms with Gasteiger partial charge in [0.05, 0.1) is 27.6 Å². The monoisotopic (exact) mass is 450 g/mol. The van der Waals surface area contributed by atoms with Gasteiger partial charge in [-0.05, 0) is 67.4 Å². The second-order valence-electron chi connectivity index (χ2n) is 7.68. The number of hydrogen-bond donors (Lipinski definition) is 0. The fourth-order valence-electron chi connectivity index (χ4n) is 3.41. The van der Waals surface area contributed by atoms with Crippen LogP contribution < -0.4 is 10.3 Å². The molecule has 0 unspecified atom stereocenters. The maximum Gasteiger partial charge on any atom is 0.266 e. The number of fused-ring (bicyclic) bond motifs is 1. The molecule has 5 nitrogen and oxygen atoms in total. The second-order valence-corrected chi connectivity index (χ2v) is 8.53. The van der Waals surface area contributed by atoms with Crippen molar-refractivity contribution in [2.24, 2.45) is 5.41 Å². The van der Waals surface area contributed by atoms with Gasteiger partial charge in [-0.3, -0.25) is 9.36 Å². The van der Waals surface area contributed by atoms with E-state index < -0.39 is 0 Å². The van der Waals surface area contributed by atoms with Gasteiger partial charge >= 0.3 is 0 Å². The Kier molecular flexibility index (Phi) is 4.77. The normalized spacial score (nSPS) is 14.4. The number of rotatable bonds is 5. The van der Waals surface area contributed by atoms with Gasteiger partial charge in [0, 0.05) is 16.8 Å². The minimum absolute atomic E-state index is 0.215. The van der Waals surface area contributed by atoms with Crippen molar-refractivity contribution in [1.82, 2.24) is 4.57 Å². The molecule has 1 aliphatic carbocycles. The third kappa shape index (κ3) is 3.69. The summed E-state index contributed by atoms with van der Waals surface area (Å²) in [5.41, 5.74) is 1.35. The van der Waals surface area contributed by atoms with Crippen LogP contribution in [0.25, 0.3) is 28.0 Å². The molecule has 4 aromatic rings. The first-order valence-corrected chi connectivity index (χ1v) is 10.5. The zero-order chi connectivity index (χ0) is 21.6. The van der Waals surface area contributed by atoms with E-state index in [1.54, 1.807) is 48.7 Å². The molecule has 0 radical (unpaired) electrons. The first kappa shape index (κ1) is 19.7. The molecular formula is C24H16Cl2N2O3. The Balaban J connectivity index is 1.46. The molecule has 154 valence electrons. The largest absolute Gasteiger partial charge is 0.490 e. The second kappa shape index (κ2) is 7.49. The van der Waals surface area contributed by atoms with E-state index in [4.69, 9.17) is 32.4 Å². The van der Waals surface area contributed by atoms with Gasteiger partial charge in [-0.1, -0.05) is 23.2 Å². The molecule has 31 heavy (non-hydrogen) atoms. The molecule has 0 spiro atoms. The summed E-state index contributed by atoms with van der Waals surface area (Å²) in [6.45, 7) is 0.316. The Morgan fingerprint density at radius 2 is 1.87 bits per heavy atom. The van der Waals surface area contributed by atoms with E-state index in [1.807, 2.05) is 12.1 Å². The molecule has 7 heteroatoms. The predicted molar refractivity (Wildman–Crippen MR) is 120 cm³/mol. The Hall–Kier alpha value is -3.20. The molecule has 1 aliphatic rings. The SMILES string of the molecule is N#CC1(COc2ccc(-n3ccc4oc(-c5ccc(Cl)cc5)cc4c3=O)cc2Cl)CC1. The molecule has 0 N–H and O–H groups in total. The highest BCUT2D eigenvalue weighted by atomic mass is 35.5. The third-order valence-electron chi connectivity index (χ3n) is 5.50. The quantitative estimate of drug-likeness (QED) is 0.360. The summed E-state index contributed by atoms with van der Waals surface area (Å²) in [4.78, 5) is 13.1. The van der Waals surface area contributed by atoms with Crippen LogP contribution in [0.5, 0.6) is 5.75 Å². The average Bonchev–Trinajstić information content (AvgIpc) is 3.43. The van der Waals surface area contributed by atoms with Crippen LogP contribution in [0.1, 0.15) is 12.8 Å². The summed E-state index contributed by atoms with van der Waals surface area (Å²) < 4.78 is 13.1. The molecule has 0 aliphatic heterocycles. The standard InChI is InChI=1S/C24H16Cl2N2O3/c25-16-3-1-15(2-4-16)22-12-18-20(31-22)7-10-28(23(18)29)17-5-6-21(19(26)11-17)30-14-24(13-27)8-9-24/h1-7,10-12H,8-9,14H2. The lowest BCUT2D eigenvalue weighted by molar-refractivity contribution is 0.269. The number of ether oxygens (including phenoxy) is 1. The van der Waals surface area contributed by atoms with Crippen molar-refractivity contribution in [2.45, 2.75) is 12.8 Å². The highest BCUT2D eigenvalue weighted by molar-refractivity contribution is 6.32. The lowest BCUT2D eigenvalue weighted by Gasteiger charge is -2.12. The van der Waals surface area contributed by atoms with Crippen LogP contribution >= 0.6 is 23.2 Å². The van der Waals surface area contributed by atoms with Crippen LogP contribution in [0.4, 0.5) is 0 Å². The molecule has 2 heterocycles.